The van der Waals surface area contributed by atoms with Gasteiger partial charge in [-0.1, -0.05) is 0 Å². The molecule has 6 heteroatoms. The highest BCUT2D eigenvalue weighted by Gasteiger charge is 2.51. The van der Waals surface area contributed by atoms with Crippen molar-refractivity contribution in [2.45, 2.75) is 38.9 Å². The van der Waals surface area contributed by atoms with Crippen LogP contribution >= 0.6 is 11.3 Å². The molecule has 2 aromatic rings. The smallest absolute Gasteiger partial charge is 0.399 e. The molecular weight excluding hydrogens is 271 g/mol. The number of thiazole rings is 1. The first kappa shape index (κ1) is 13.7. The maximum atomic E-state index is 6.04. The van der Waals surface area contributed by atoms with Gasteiger partial charge in [0.15, 0.2) is 0 Å². The summed E-state index contributed by atoms with van der Waals surface area (Å²) in [6, 6.07) is 2.03. The van der Waals surface area contributed by atoms with E-state index in [2.05, 4.69) is 9.97 Å². The summed E-state index contributed by atoms with van der Waals surface area (Å²) < 4.78 is 12.1. The van der Waals surface area contributed by atoms with Gasteiger partial charge in [-0.05, 0) is 33.8 Å². The second kappa shape index (κ2) is 4.65. The highest BCUT2D eigenvalue weighted by molar-refractivity contribution is 7.07. The Morgan fingerprint density at radius 2 is 1.80 bits per heavy atom. The topological polar surface area (TPSA) is 44.2 Å². The molecule has 20 heavy (non-hydrogen) atoms. The minimum Gasteiger partial charge on any atom is -0.399 e. The van der Waals surface area contributed by atoms with Crippen molar-refractivity contribution < 1.29 is 9.31 Å². The number of hydrogen-bond donors (Lipinski definition) is 0. The summed E-state index contributed by atoms with van der Waals surface area (Å²) in [5, 5.41) is 2.00. The van der Waals surface area contributed by atoms with Gasteiger partial charge in [-0.25, -0.2) is 4.98 Å². The van der Waals surface area contributed by atoms with E-state index in [1.54, 1.807) is 17.5 Å². The quantitative estimate of drug-likeness (QED) is 0.796. The van der Waals surface area contributed by atoms with E-state index in [9.17, 15) is 0 Å². The fraction of sp³-hybridized carbons (Fsp3) is 0.429. The molecule has 0 N–H and O–H groups in total. The van der Waals surface area contributed by atoms with Gasteiger partial charge in [0.05, 0.1) is 22.4 Å². The van der Waals surface area contributed by atoms with Crippen LogP contribution in [0.25, 0.3) is 11.3 Å². The number of aromatic nitrogens is 2. The van der Waals surface area contributed by atoms with Crippen LogP contribution in [0.3, 0.4) is 0 Å². The van der Waals surface area contributed by atoms with E-state index >= 15 is 0 Å². The minimum absolute atomic E-state index is 0.339. The monoisotopic (exact) mass is 288 g/mol. The molecule has 1 saturated heterocycles. The lowest BCUT2D eigenvalue weighted by molar-refractivity contribution is 0.00578. The SMILES string of the molecule is CC1(C)OB(c2cncc(-c3cscn3)c2)OC1(C)C. The van der Waals surface area contributed by atoms with E-state index < -0.39 is 0 Å². The number of nitrogens with zero attached hydrogens (tertiary/aromatic N) is 2. The Morgan fingerprint density at radius 1 is 1.10 bits per heavy atom. The van der Waals surface area contributed by atoms with Gasteiger partial charge in [0.25, 0.3) is 0 Å². The fourth-order valence-electron chi connectivity index (χ4n) is 2.06. The molecule has 0 spiro atoms. The van der Waals surface area contributed by atoms with Crippen molar-refractivity contribution in [3.63, 3.8) is 0 Å². The maximum absolute atomic E-state index is 6.04. The number of pyridine rings is 1. The van der Waals surface area contributed by atoms with Crippen LogP contribution in [0.15, 0.2) is 29.4 Å². The van der Waals surface area contributed by atoms with Gasteiger partial charge in [-0.15, -0.1) is 11.3 Å². The van der Waals surface area contributed by atoms with E-state index in [-0.39, 0.29) is 18.3 Å². The largest absolute Gasteiger partial charge is 0.496 e. The summed E-state index contributed by atoms with van der Waals surface area (Å²) in [6.07, 6.45) is 3.60. The Balaban J connectivity index is 1.91. The van der Waals surface area contributed by atoms with Crippen molar-refractivity contribution in [2.24, 2.45) is 0 Å². The van der Waals surface area contributed by atoms with Crippen molar-refractivity contribution in [1.82, 2.24) is 9.97 Å². The van der Waals surface area contributed by atoms with Crippen molar-refractivity contribution in [3.05, 3.63) is 29.4 Å². The van der Waals surface area contributed by atoms with E-state index in [4.69, 9.17) is 9.31 Å². The second-order valence-electron chi connectivity index (χ2n) is 5.97. The Bertz CT molecular complexity index is 597. The Morgan fingerprint density at radius 3 is 2.40 bits per heavy atom. The number of hydrogen-bond acceptors (Lipinski definition) is 5. The maximum Gasteiger partial charge on any atom is 0.496 e. The zero-order valence-electron chi connectivity index (χ0n) is 12.1. The van der Waals surface area contributed by atoms with E-state index in [0.717, 1.165) is 16.7 Å². The normalized spacial score (nSPS) is 20.3. The Hall–Kier alpha value is -1.24. The summed E-state index contributed by atoms with van der Waals surface area (Å²) in [5.74, 6) is 0. The minimum atomic E-state index is -0.383. The molecule has 2 aromatic heterocycles. The van der Waals surface area contributed by atoms with Crippen LogP contribution in [-0.2, 0) is 9.31 Å². The summed E-state index contributed by atoms with van der Waals surface area (Å²) in [7, 11) is -0.383. The molecule has 0 unspecified atom stereocenters. The van der Waals surface area contributed by atoms with E-state index in [0.29, 0.717) is 0 Å². The third-order valence-corrected chi connectivity index (χ3v) is 4.60. The molecule has 1 aliphatic rings. The number of rotatable bonds is 2. The lowest BCUT2D eigenvalue weighted by Gasteiger charge is -2.32. The third-order valence-electron chi connectivity index (χ3n) is 4.01. The Kier molecular flexibility index (Phi) is 3.19. The van der Waals surface area contributed by atoms with Crippen LogP contribution in [0.5, 0.6) is 0 Å². The molecule has 0 amide bonds. The first-order valence-electron chi connectivity index (χ1n) is 6.58. The first-order chi connectivity index (χ1) is 9.39. The third kappa shape index (κ3) is 2.28. The summed E-state index contributed by atoms with van der Waals surface area (Å²) >= 11 is 1.57. The van der Waals surface area contributed by atoms with Crippen LogP contribution in [-0.4, -0.2) is 28.3 Å². The summed E-state index contributed by atoms with van der Waals surface area (Å²) in [6.45, 7) is 8.19. The molecule has 0 radical (unpaired) electrons. The van der Waals surface area contributed by atoms with Crippen LogP contribution in [0.4, 0.5) is 0 Å². The van der Waals surface area contributed by atoms with Gasteiger partial charge in [-0.2, -0.15) is 0 Å². The zero-order valence-corrected chi connectivity index (χ0v) is 12.9. The molecule has 0 aromatic carbocycles. The van der Waals surface area contributed by atoms with Crippen LogP contribution in [0.1, 0.15) is 27.7 Å². The standard InChI is InChI=1S/C14H17BN2O2S/c1-13(2)14(3,4)19-15(18-13)11-5-10(6-16-7-11)12-8-20-9-17-12/h5-9H,1-4H3. The molecule has 1 fully saturated rings. The van der Waals surface area contributed by atoms with Crippen molar-refractivity contribution >= 4 is 23.9 Å². The van der Waals surface area contributed by atoms with Gasteiger partial charge >= 0.3 is 7.12 Å². The van der Waals surface area contributed by atoms with Crippen LogP contribution < -0.4 is 5.46 Å². The van der Waals surface area contributed by atoms with Crippen molar-refractivity contribution in [1.29, 1.82) is 0 Å². The molecular formula is C14H17BN2O2S. The molecule has 0 aliphatic carbocycles. The van der Waals surface area contributed by atoms with Crippen molar-refractivity contribution in [3.8, 4) is 11.3 Å². The summed E-state index contributed by atoms with van der Waals surface area (Å²) in [4.78, 5) is 8.59. The fourth-order valence-corrected chi connectivity index (χ4v) is 2.62. The van der Waals surface area contributed by atoms with Gasteiger partial charge < -0.3 is 9.31 Å². The van der Waals surface area contributed by atoms with E-state index in [1.807, 2.05) is 50.8 Å². The molecule has 0 atom stereocenters. The van der Waals surface area contributed by atoms with Crippen LogP contribution in [0, 0.1) is 0 Å². The molecule has 104 valence electrons. The lowest BCUT2D eigenvalue weighted by atomic mass is 9.79. The molecule has 1 aliphatic heterocycles. The van der Waals surface area contributed by atoms with Crippen LogP contribution in [0.2, 0.25) is 0 Å². The highest BCUT2D eigenvalue weighted by Crippen LogP contribution is 2.36. The van der Waals surface area contributed by atoms with Crippen molar-refractivity contribution in [2.75, 3.05) is 0 Å². The average molecular weight is 288 g/mol. The van der Waals surface area contributed by atoms with E-state index in [1.165, 1.54) is 0 Å². The average Bonchev–Trinajstić information content (AvgIpc) is 2.97. The van der Waals surface area contributed by atoms with Gasteiger partial charge in [0.1, 0.15) is 0 Å². The first-order valence-corrected chi connectivity index (χ1v) is 7.52. The summed E-state index contributed by atoms with van der Waals surface area (Å²) in [5.41, 5.74) is 3.98. The molecule has 0 bridgehead atoms. The molecule has 4 nitrogen and oxygen atoms in total. The second-order valence-corrected chi connectivity index (χ2v) is 6.69. The molecule has 0 saturated carbocycles. The Labute approximate surface area is 123 Å². The van der Waals surface area contributed by atoms with Gasteiger partial charge in [0, 0.05) is 28.8 Å². The predicted molar refractivity (Wildman–Crippen MR) is 81.1 cm³/mol. The van der Waals surface area contributed by atoms with Gasteiger partial charge in [-0.3, -0.25) is 4.98 Å². The molecule has 3 heterocycles. The predicted octanol–water partition coefficient (Wildman–Crippen LogP) is 2.50. The highest BCUT2D eigenvalue weighted by atomic mass is 32.1. The zero-order chi connectivity index (χ0) is 14.4. The molecule has 3 rings (SSSR count). The van der Waals surface area contributed by atoms with Gasteiger partial charge in [0.2, 0.25) is 0 Å². The lowest BCUT2D eigenvalue weighted by Crippen LogP contribution is -2.41.